The average molecular weight is 349 g/mol. The lowest BCUT2D eigenvalue weighted by Gasteiger charge is -2.42. The maximum atomic E-state index is 11.9. The van der Waals surface area contributed by atoms with Gasteiger partial charge in [0.15, 0.2) is 0 Å². The van der Waals surface area contributed by atoms with Gasteiger partial charge in [-0.05, 0) is 52.0 Å². The highest BCUT2D eigenvalue weighted by Gasteiger charge is 2.25. The van der Waals surface area contributed by atoms with Crippen LogP contribution in [0.2, 0.25) is 0 Å². The molecule has 1 aliphatic rings. The minimum Gasteiger partial charge on any atom is -0.494 e. The van der Waals surface area contributed by atoms with Gasteiger partial charge >= 0.3 is 6.09 Å². The minimum atomic E-state index is -0.418. The van der Waals surface area contributed by atoms with E-state index in [0.717, 1.165) is 31.9 Å². The van der Waals surface area contributed by atoms with E-state index in [9.17, 15) is 4.79 Å². The van der Waals surface area contributed by atoms with Gasteiger partial charge in [-0.1, -0.05) is 0 Å². The van der Waals surface area contributed by atoms with Crippen LogP contribution in [0, 0.1) is 0 Å². The van der Waals surface area contributed by atoms with Crippen molar-refractivity contribution in [1.82, 2.24) is 9.80 Å². The molecule has 1 atom stereocenters. The lowest BCUT2D eigenvalue weighted by atomic mass is 10.1. The van der Waals surface area contributed by atoms with Crippen LogP contribution in [-0.4, -0.2) is 67.4 Å². The molecule has 6 heteroatoms. The lowest BCUT2D eigenvalue weighted by molar-refractivity contribution is 0.0488. The van der Waals surface area contributed by atoms with Crippen LogP contribution < -0.4 is 10.1 Å². The summed E-state index contributed by atoms with van der Waals surface area (Å²) in [5, 5.41) is 2.74. The summed E-state index contributed by atoms with van der Waals surface area (Å²) in [7, 11) is 0. The van der Waals surface area contributed by atoms with Gasteiger partial charge in [-0.2, -0.15) is 0 Å². The number of rotatable bonds is 7. The highest BCUT2D eigenvalue weighted by molar-refractivity contribution is 5.84. The van der Waals surface area contributed by atoms with Crippen molar-refractivity contribution in [2.45, 2.75) is 39.8 Å². The van der Waals surface area contributed by atoms with Crippen LogP contribution in [-0.2, 0) is 4.74 Å². The van der Waals surface area contributed by atoms with Gasteiger partial charge < -0.3 is 9.47 Å². The van der Waals surface area contributed by atoms with E-state index in [1.165, 1.54) is 0 Å². The average Bonchev–Trinajstić information content (AvgIpc) is 2.56. The van der Waals surface area contributed by atoms with Crippen molar-refractivity contribution in [2.24, 2.45) is 0 Å². The van der Waals surface area contributed by atoms with Crippen molar-refractivity contribution in [3.63, 3.8) is 0 Å². The van der Waals surface area contributed by atoms with Crippen LogP contribution in [0.25, 0.3) is 0 Å². The molecule has 1 N–H and O–H groups in total. The Labute approximate surface area is 151 Å². The van der Waals surface area contributed by atoms with Crippen molar-refractivity contribution in [2.75, 3.05) is 44.7 Å². The quantitative estimate of drug-likeness (QED) is 0.820. The highest BCUT2D eigenvalue weighted by Crippen LogP contribution is 2.16. The molecule has 0 radical (unpaired) electrons. The zero-order valence-electron chi connectivity index (χ0n) is 15.8. The van der Waals surface area contributed by atoms with E-state index in [1.54, 1.807) is 12.1 Å². The first-order chi connectivity index (χ1) is 12.0. The molecular weight excluding hydrogens is 318 g/mol. The summed E-state index contributed by atoms with van der Waals surface area (Å²) in [6.45, 7) is 13.6. The third-order valence-electron chi connectivity index (χ3n) is 4.48. The van der Waals surface area contributed by atoms with Gasteiger partial charge in [0.1, 0.15) is 12.4 Å². The Morgan fingerprint density at radius 1 is 1.28 bits per heavy atom. The molecule has 1 aromatic carbocycles. The molecule has 6 nitrogen and oxygen atoms in total. The molecule has 1 fully saturated rings. The Hall–Kier alpha value is -1.79. The Kier molecular flexibility index (Phi) is 7.52. The van der Waals surface area contributed by atoms with Gasteiger partial charge in [-0.3, -0.25) is 15.1 Å². The number of benzene rings is 1. The van der Waals surface area contributed by atoms with E-state index >= 15 is 0 Å². The molecule has 0 aromatic heterocycles. The Morgan fingerprint density at radius 2 is 2.00 bits per heavy atom. The van der Waals surface area contributed by atoms with Crippen molar-refractivity contribution < 1.29 is 14.3 Å². The first-order valence-corrected chi connectivity index (χ1v) is 9.14. The second-order valence-electron chi connectivity index (χ2n) is 6.70. The molecule has 1 aromatic rings. The second-order valence-corrected chi connectivity index (χ2v) is 6.70. The summed E-state index contributed by atoms with van der Waals surface area (Å²) < 4.78 is 10.7. The number of nitrogens with zero attached hydrogens (tertiary/aromatic N) is 2. The summed E-state index contributed by atoms with van der Waals surface area (Å²) in [6, 6.07) is 8.38. The predicted molar refractivity (Wildman–Crippen MR) is 100 cm³/mol. The monoisotopic (exact) mass is 349 g/mol. The van der Waals surface area contributed by atoms with E-state index < -0.39 is 6.09 Å². The molecular formula is C19H31N3O3. The molecule has 2 rings (SSSR count). The predicted octanol–water partition coefficient (Wildman–Crippen LogP) is 3.05. The molecule has 25 heavy (non-hydrogen) atoms. The van der Waals surface area contributed by atoms with Crippen LogP contribution in [0.4, 0.5) is 10.5 Å². The zero-order chi connectivity index (χ0) is 18.2. The highest BCUT2D eigenvalue weighted by atomic mass is 16.5. The number of nitrogens with one attached hydrogen (secondary N) is 1. The van der Waals surface area contributed by atoms with Crippen LogP contribution in [0.5, 0.6) is 5.75 Å². The Bertz CT molecular complexity index is 533. The number of piperazine rings is 1. The fraction of sp³-hybridized carbons (Fsp3) is 0.632. The van der Waals surface area contributed by atoms with E-state index in [4.69, 9.17) is 9.47 Å². The summed E-state index contributed by atoms with van der Waals surface area (Å²) >= 11 is 0. The lowest BCUT2D eigenvalue weighted by Crippen LogP contribution is -2.54. The third kappa shape index (κ3) is 6.21. The number of hydrogen-bond acceptors (Lipinski definition) is 5. The van der Waals surface area contributed by atoms with Crippen molar-refractivity contribution in [3.8, 4) is 5.75 Å². The molecule has 1 amide bonds. The van der Waals surface area contributed by atoms with Gasteiger partial charge in [-0.25, -0.2) is 4.79 Å². The first-order valence-electron chi connectivity index (χ1n) is 9.14. The number of anilines is 1. The molecule has 1 saturated heterocycles. The number of carbonyl (C=O) groups excluding carboxylic acids is 1. The van der Waals surface area contributed by atoms with Gasteiger partial charge in [0, 0.05) is 44.0 Å². The van der Waals surface area contributed by atoms with Gasteiger partial charge in [0.05, 0.1) is 6.61 Å². The van der Waals surface area contributed by atoms with Crippen LogP contribution in [0.1, 0.15) is 27.7 Å². The van der Waals surface area contributed by atoms with E-state index in [1.807, 2.05) is 19.1 Å². The largest absolute Gasteiger partial charge is 0.494 e. The summed E-state index contributed by atoms with van der Waals surface area (Å²) in [4.78, 5) is 16.7. The molecule has 1 heterocycles. The standard InChI is InChI=1S/C19H31N3O3/c1-5-24-18-8-6-17(7-9-18)20-19(23)25-13-12-21-10-11-22(15(2)3)16(4)14-21/h6-9,15-16H,5,10-14H2,1-4H3,(H,20,23). The van der Waals surface area contributed by atoms with E-state index in [0.29, 0.717) is 31.0 Å². The van der Waals surface area contributed by atoms with Gasteiger partial charge in [-0.15, -0.1) is 0 Å². The van der Waals surface area contributed by atoms with Crippen molar-refractivity contribution >= 4 is 11.8 Å². The summed E-state index contributed by atoms with van der Waals surface area (Å²) in [6.07, 6.45) is -0.418. The molecule has 0 aliphatic carbocycles. The number of amides is 1. The molecule has 1 aliphatic heterocycles. The van der Waals surface area contributed by atoms with Crippen molar-refractivity contribution in [3.05, 3.63) is 24.3 Å². The molecule has 0 saturated carbocycles. The maximum Gasteiger partial charge on any atom is 0.411 e. The summed E-state index contributed by atoms with van der Waals surface area (Å²) in [5.41, 5.74) is 0.702. The number of carbonyl (C=O) groups is 1. The Morgan fingerprint density at radius 3 is 2.60 bits per heavy atom. The molecule has 140 valence electrons. The van der Waals surface area contributed by atoms with Crippen LogP contribution in [0.3, 0.4) is 0 Å². The van der Waals surface area contributed by atoms with E-state index in [2.05, 4.69) is 35.9 Å². The van der Waals surface area contributed by atoms with Gasteiger partial charge in [0.2, 0.25) is 0 Å². The number of hydrogen-bond donors (Lipinski definition) is 1. The Balaban J connectivity index is 1.67. The molecule has 1 unspecified atom stereocenters. The third-order valence-corrected chi connectivity index (χ3v) is 4.48. The van der Waals surface area contributed by atoms with Gasteiger partial charge in [0.25, 0.3) is 0 Å². The van der Waals surface area contributed by atoms with Crippen LogP contribution in [0.15, 0.2) is 24.3 Å². The smallest absolute Gasteiger partial charge is 0.411 e. The second kappa shape index (κ2) is 9.63. The number of ether oxygens (including phenoxy) is 2. The SMILES string of the molecule is CCOc1ccc(NC(=O)OCCN2CCN(C(C)C)C(C)C2)cc1. The van der Waals surface area contributed by atoms with Crippen molar-refractivity contribution in [1.29, 1.82) is 0 Å². The summed E-state index contributed by atoms with van der Waals surface area (Å²) in [5.74, 6) is 0.788. The normalized spacial score (nSPS) is 19.0. The fourth-order valence-corrected chi connectivity index (χ4v) is 3.24. The minimum absolute atomic E-state index is 0.400. The van der Waals surface area contributed by atoms with E-state index in [-0.39, 0.29) is 0 Å². The molecule has 0 spiro atoms. The maximum absolute atomic E-state index is 11.9. The van der Waals surface area contributed by atoms with Crippen LogP contribution >= 0.6 is 0 Å². The zero-order valence-corrected chi connectivity index (χ0v) is 15.8. The molecule has 0 bridgehead atoms. The fourth-order valence-electron chi connectivity index (χ4n) is 3.24. The topological polar surface area (TPSA) is 54.0 Å². The first kappa shape index (κ1) is 19.5.